The zero-order valence-electron chi connectivity index (χ0n) is 10.6. The van der Waals surface area contributed by atoms with E-state index in [1.54, 1.807) is 6.92 Å². The molecule has 1 spiro atoms. The maximum Gasteiger partial charge on any atom is 0.219 e. The van der Waals surface area contributed by atoms with Gasteiger partial charge in [0.05, 0.1) is 0 Å². The molecule has 18 heavy (non-hydrogen) atoms. The second-order valence-electron chi connectivity index (χ2n) is 5.40. The van der Waals surface area contributed by atoms with Crippen molar-refractivity contribution in [2.24, 2.45) is 5.41 Å². The molecular weight excluding hydrogens is 391 g/mol. The van der Waals surface area contributed by atoms with Crippen LogP contribution in [0.3, 0.4) is 0 Å². The van der Waals surface area contributed by atoms with E-state index < -0.39 is 0 Å². The number of nitrogens with zero attached hydrogens (tertiary/aromatic N) is 2. The van der Waals surface area contributed by atoms with Crippen LogP contribution in [0.1, 0.15) is 12.5 Å². The third-order valence-corrected chi connectivity index (χ3v) is 3.85. The number of benzene rings is 1. The molecule has 1 aromatic rings. The molecular formula is C14H17HfN2O-. The van der Waals surface area contributed by atoms with Crippen molar-refractivity contribution in [3.63, 3.8) is 0 Å². The van der Waals surface area contributed by atoms with Gasteiger partial charge in [0.15, 0.2) is 0 Å². The van der Waals surface area contributed by atoms with Crippen LogP contribution < -0.4 is 4.90 Å². The van der Waals surface area contributed by atoms with Crippen LogP contribution >= 0.6 is 0 Å². The van der Waals surface area contributed by atoms with Crippen LogP contribution in [0.4, 0.5) is 5.69 Å². The van der Waals surface area contributed by atoms with Gasteiger partial charge in [0.2, 0.25) is 5.91 Å². The number of likely N-dealkylation sites (tertiary alicyclic amines) is 1. The van der Waals surface area contributed by atoms with Gasteiger partial charge in [-0.3, -0.25) is 4.79 Å². The standard InChI is InChI=1S/C14H17N2O.Hf/c1-11-3-5-13(6-4-11)16-9-14(10-16)7-15(8-14)12(2)17;/h3-6H,1,7-10H2,2H3;/q-1;. The first-order valence-electron chi connectivity index (χ1n) is 6.01. The molecule has 3 nitrogen and oxygen atoms in total. The summed E-state index contributed by atoms with van der Waals surface area (Å²) in [4.78, 5) is 15.4. The minimum Gasteiger partial charge on any atom is -0.372 e. The van der Waals surface area contributed by atoms with E-state index in [-0.39, 0.29) is 31.8 Å². The van der Waals surface area contributed by atoms with E-state index in [9.17, 15) is 4.79 Å². The van der Waals surface area contributed by atoms with Crippen molar-refractivity contribution in [3.05, 3.63) is 36.8 Å². The fourth-order valence-electron chi connectivity index (χ4n) is 2.84. The van der Waals surface area contributed by atoms with Crippen molar-refractivity contribution in [1.29, 1.82) is 0 Å². The van der Waals surface area contributed by atoms with Crippen molar-refractivity contribution < 1.29 is 30.6 Å². The molecule has 2 fully saturated rings. The molecule has 1 amide bonds. The van der Waals surface area contributed by atoms with Crippen LogP contribution in [-0.4, -0.2) is 37.0 Å². The molecule has 2 saturated heterocycles. The maximum absolute atomic E-state index is 11.1. The number of hydrogen-bond acceptors (Lipinski definition) is 2. The minimum absolute atomic E-state index is 0. The molecule has 3 rings (SSSR count). The molecule has 0 aromatic heterocycles. The Morgan fingerprint density at radius 1 is 1.17 bits per heavy atom. The van der Waals surface area contributed by atoms with Gasteiger partial charge < -0.3 is 9.80 Å². The van der Waals surface area contributed by atoms with Crippen molar-refractivity contribution >= 4 is 11.6 Å². The van der Waals surface area contributed by atoms with Gasteiger partial charge in [0.25, 0.3) is 0 Å². The molecule has 2 heterocycles. The van der Waals surface area contributed by atoms with Crippen LogP contribution in [0.15, 0.2) is 24.3 Å². The summed E-state index contributed by atoms with van der Waals surface area (Å²) in [6.45, 7) is 9.56. The third-order valence-electron chi connectivity index (χ3n) is 3.85. The molecule has 2 aliphatic rings. The summed E-state index contributed by atoms with van der Waals surface area (Å²) in [6, 6.07) is 8.33. The Balaban J connectivity index is 0.00000120. The van der Waals surface area contributed by atoms with Gasteiger partial charge in [-0.15, -0.1) is 0 Å². The summed E-state index contributed by atoms with van der Waals surface area (Å²) in [5.74, 6) is 0.204. The Kier molecular flexibility index (Phi) is 3.58. The van der Waals surface area contributed by atoms with Crippen LogP contribution in [0, 0.1) is 12.3 Å². The quantitative estimate of drug-likeness (QED) is 0.521. The Bertz CT molecular complexity index is 443. The maximum atomic E-state index is 11.1. The summed E-state index contributed by atoms with van der Waals surface area (Å²) in [7, 11) is 0. The number of carbonyl (C=O) groups excluding carboxylic acids is 1. The summed E-state index contributed by atoms with van der Waals surface area (Å²) >= 11 is 0. The van der Waals surface area contributed by atoms with Crippen molar-refractivity contribution in [2.45, 2.75) is 6.92 Å². The van der Waals surface area contributed by atoms with Crippen molar-refractivity contribution in [2.75, 3.05) is 31.1 Å². The SMILES string of the molecule is [CH2-]c1ccc(N2CC3(CN(C(C)=O)C3)C2)cc1.[Hf]. The van der Waals surface area contributed by atoms with Crippen LogP contribution in [-0.2, 0) is 30.6 Å². The van der Waals surface area contributed by atoms with Crippen LogP contribution in [0.2, 0.25) is 0 Å². The largest absolute Gasteiger partial charge is 0.372 e. The number of hydrogen-bond donors (Lipinski definition) is 0. The average molecular weight is 408 g/mol. The molecule has 4 heteroatoms. The minimum atomic E-state index is 0. The molecule has 0 bridgehead atoms. The summed E-state index contributed by atoms with van der Waals surface area (Å²) in [5, 5.41) is 0. The van der Waals surface area contributed by atoms with E-state index in [0.717, 1.165) is 31.7 Å². The molecule has 94 valence electrons. The number of carbonyl (C=O) groups is 1. The van der Waals surface area contributed by atoms with E-state index in [4.69, 9.17) is 0 Å². The smallest absolute Gasteiger partial charge is 0.219 e. The van der Waals surface area contributed by atoms with Gasteiger partial charge in [0.1, 0.15) is 0 Å². The second-order valence-corrected chi connectivity index (χ2v) is 5.40. The Labute approximate surface area is 127 Å². The first kappa shape index (κ1) is 13.7. The Morgan fingerprint density at radius 2 is 1.72 bits per heavy atom. The molecule has 0 aliphatic carbocycles. The summed E-state index contributed by atoms with van der Waals surface area (Å²) in [5.41, 5.74) is 2.70. The van der Waals surface area contributed by atoms with E-state index in [0.29, 0.717) is 5.41 Å². The topological polar surface area (TPSA) is 23.6 Å². The fourth-order valence-corrected chi connectivity index (χ4v) is 2.84. The van der Waals surface area contributed by atoms with E-state index in [2.05, 4.69) is 24.0 Å². The number of amides is 1. The third kappa shape index (κ3) is 2.23. The predicted molar refractivity (Wildman–Crippen MR) is 67.8 cm³/mol. The first-order valence-corrected chi connectivity index (χ1v) is 6.01. The van der Waals surface area contributed by atoms with E-state index in [1.165, 1.54) is 5.69 Å². The monoisotopic (exact) mass is 409 g/mol. The Morgan fingerprint density at radius 3 is 2.22 bits per heavy atom. The molecule has 0 saturated carbocycles. The number of anilines is 1. The van der Waals surface area contributed by atoms with Crippen molar-refractivity contribution in [3.8, 4) is 0 Å². The van der Waals surface area contributed by atoms with Gasteiger partial charge in [-0.2, -0.15) is 24.6 Å². The zero-order chi connectivity index (χ0) is 12.0. The van der Waals surface area contributed by atoms with Gasteiger partial charge >= 0.3 is 0 Å². The van der Waals surface area contributed by atoms with Gasteiger partial charge in [0, 0.05) is 70.0 Å². The van der Waals surface area contributed by atoms with Crippen LogP contribution in [0.5, 0.6) is 0 Å². The number of rotatable bonds is 1. The van der Waals surface area contributed by atoms with Crippen LogP contribution in [0.25, 0.3) is 0 Å². The predicted octanol–water partition coefficient (Wildman–Crippen LogP) is 1.53. The summed E-state index contributed by atoms with van der Waals surface area (Å²) in [6.07, 6.45) is 0. The van der Waals surface area contributed by atoms with Gasteiger partial charge in [-0.25, -0.2) is 0 Å². The molecule has 0 atom stereocenters. The fraction of sp³-hybridized carbons (Fsp3) is 0.429. The second kappa shape index (κ2) is 4.72. The van der Waals surface area contributed by atoms with E-state index in [1.807, 2.05) is 17.0 Å². The molecule has 2 aliphatic heterocycles. The molecule has 0 N–H and O–H groups in total. The van der Waals surface area contributed by atoms with Gasteiger partial charge in [-0.1, -0.05) is 12.1 Å². The van der Waals surface area contributed by atoms with Crippen molar-refractivity contribution in [1.82, 2.24) is 4.90 Å². The summed E-state index contributed by atoms with van der Waals surface area (Å²) < 4.78 is 0. The first-order chi connectivity index (χ1) is 8.08. The molecule has 0 radical (unpaired) electrons. The van der Waals surface area contributed by atoms with Gasteiger partial charge in [-0.05, 0) is 0 Å². The Hall–Kier alpha value is -0.770. The molecule has 1 aromatic carbocycles. The zero-order valence-corrected chi connectivity index (χ0v) is 14.2. The van der Waals surface area contributed by atoms with E-state index >= 15 is 0 Å². The normalized spacial score (nSPS) is 19.8. The molecule has 0 unspecified atom stereocenters. The average Bonchev–Trinajstić information content (AvgIpc) is 2.15.